The molecule has 1 aromatic rings. The lowest BCUT2D eigenvalue weighted by atomic mass is 9.99. The summed E-state index contributed by atoms with van der Waals surface area (Å²) in [6, 6.07) is 3.78. The highest BCUT2D eigenvalue weighted by atomic mass is 16.7. The van der Waals surface area contributed by atoms with Crippen molar-refractivity contribution in [1.82, 2.24) is 10.6 Å². The summed E-state index contributed by atoms with van der Waals surface area (Å²) in [4.78, 5) is 70.8. The number of carboxylic acid groups (broad SMARTS) is 1. The number of aliphatic carboxylic acids is 1. The molecule has 1 heterocycles. The molecule has 22 nitrogen and oxygen atoms in total. The maximum Gasteiger partial charge on any atom is 0.335 e. The largest absolute Gasteiger partial charge is 0.479 e. The number of nitrogens with two attached hydrogens (primary N) is 1. The Morgan fingerprint density at radius 3 is 1.77 bits per heavy atom. The summed E-state index contributed by atoms with van der Waals surface area (Å²) in [5.74, 6) is -3.33. The number of hydrogen-bond donors (Lipinski definition) is 8. The molecule has 1 aliphatic rings. The zero-order valence-electron chi connectivity index (χ0n) is 34.7. The third kappa shape index (κ3) is 22.9. The minimum Gasteiger partial charge on any atom is -0.479 e. The molecule has 0 unspecified atom stereocenters. The molecule has 0 aromatic heterocycles. The number of anilines is 1. The highest BCUT2D eigenvalue weighted by Gasteiger charge is 2.48. The van der Waals surface area contributed by atoms with Crippen molar-refractivity contribution in [3.05, 3.63) is 23.8 Å². The van der Waals surface area contributed by atoms with Crippen molar-refractivity contribution in [3.8, 4) is 5.75 Å². The molecule has 6 atom stereocenters. The van der Waals surface area contributed by atoms with Gasteiger partial charge in [-0.1, -0.05) is 6.07 Å². The van der Waals surface area contributed by atoms with Crippen molar-refractivity contribution in [2.75, 3.05) is 84.5 Å². The molecule has 22 heteroatoms. The highest BCUT2D eigenvalue weighted by molar-refractivity contribution is 5.93. The molecule has 0 aliphatic carbocycles. The zero-order chi connectivity index (χ0) is 45.0. The third-order valence-electron chi connectivity index (χ3n) is 8.71. The summed E-state index contributed by atoms with van der Waals surface area (Å²) in [5, 5.41) is 47.8. The van der Waals surface area contributed by atoms with Gasteiger partial charge in [-0.15, -0.1) is 0 Å². The Morgan fingerprint density at radius 1 is 0.705 bits per heavy atom. The monoisotopic (exact) mass is 874 g/mol. The van der Waals surface area contributed by atoms with Crippen molar-refractivity contribution in [2.45, 2.75) is 95.7 Å². The first-order valence-electron chi connectivity index (χ1n) is 20.0. The predicted octanol–water partition coefficient (Wildman–Crippen LogP) is -1.47. The topological polar surface area (TPSA) is 319 Å². The Kier molecular flexibility index (Phi) is 26.5. The maximum atomic E-state index is 12.8. The van der Waals surface area contributed by atoms with E-state index in [1.54, 1.807) is 0 Å². The van der Waals surface area contributed by atoms with Crippen LogP contribution in [0.25, 0.3) is 0 Å². The van der Waals surface area contributed by atoms with Crippen LogP contribution in [0.3, 0.4) is 0 Å². The van der Waals surface area contributed by atoms with Gasteiger partial charge in [0.1, 0.15) is 36.5 Å². The van der Waals surface area contributed by atoms with Gasteiger partial charge in [0, 0.05) is 39.3 Å². The number of benzene rings is 1. The average molecular weight is 875 g/mol. The number of amides is 3. The van der Waals surface area contributed by atoms with Crippen molar-refractivity contribution in [2.24, 2.45) is 5.73 Å². The van der Waals surface area contributed by atoms with E-state index in [0.717, 1.165) is 12.8 Å². The number of esters is 1. The van der Waals surface area contributed by atoms with E-state index < -0.39 is 54.6 Å². The van der Waals surface area contributed by atoms with Crippen LogP contribution in [0.4, 0.5) is 5.69 Å². The molecule has 61 heavy (non-hydrogen) atoms. The van der Waals surface area contributed by atoms with Crippen molar-refractivity contribution in [3.63, 3.8) is 0 Å². The lowest BCUT2D eigenvalue weighted by Gasteiger charge is -2.38. The molecule has 1 saturated heterocycles. The van der Waals surface area contributed by atoms with Crippen LogP contribution in [0, 0.1) is 0 Å². The Hall–Kier alpha value is -4.36. The highest BCUT2D eigenvalue weighted by Crippen LogP contribution is 2.31. The second-order valence-electron chi connectivity index (χ2n) is 13.7. The number of rotatable bonds is 33. The van der Waals surface area contributed by atoms with Crippen LogP contribution in [-0.4, -0.2) is 172 Å². The van der Waals surface area contributed by atoms with Crippen molar-refractivity contribution in [1.29, 1.82) is 0 Å². The summed E-state index contributed by atoms with van der Waals surface area (Å²) in [6.07, 6.45) is -7.12. The predicted molar refractivity (Wildman–Crippen MR) is 212 cm³/mol. The molecule has 0 bridgehead atoms. The van der Waals surface area contributed by atoms with Crippen LogP contribution in [0.5, 0.6) is 5.75 Å². The number of Topliss-reactive ketones (excluding diaryl/α,β-unsaturated/α-hetero) is 1. The van der Waals surface area contributed by atoms with E-state index in [1.807, 2.05) is 0 Å². The number of aliphatic hydroxyl groups is 3. The van der Waals surface area contributed by atoms with Gasteiger partial charge in [-0.05, 0) is 43.9 Å². The number of aliphatic hydroxyl groups excluding tert-OH is 3. The van der Waals surface area contributed by atoms with Gasteiger partial charge in [0.2, 0.25) is 24.0 Å². The van der Waals surface area contributed by atoms with Gasteiger partial charge in [0.25, 0.3) is 0 Å². The van der Waals surface area contributed by atoms with E-state index in [1.165, 1.54) is 32.0 Å². The van der Waals surface area contributed by atoms with Gasteiger partial charge < -0.3 is 80.0 Å². The van der Waals surface area contributed by atoms with E-state index in [4.69, 9.17) is 43.6 Å². The van der Waals surface area contributed by atoms with Gasteiger partial charge in [-0.3, -0.25) is 24.0 Å². The van der Waals surface area contributed by atoms with Crippen LogP contribution in [0.1, 0.15) is 57.9 Å². The Morgan fingerprint density at radius 2 is 1.25 bits per heavy atom. The standard InChI is InChI=1S/C39H62N4O18/c1-25(44)28(40)5-3-4-11-41-31(46)9-13-54-15-17-56-19-21-58-22-20-57-18-16-55-14-10-32(47)42-12-8-33(48)43-29-23-27(24-59-26(2)45)6-7-30(29)60-39-36(51)34(49)35(50)37(61-39)38(52)53/h6-7,23,28,34-37,39,49-51H,3-5,8-22,24,40H2,1-2H3,(H,41,46)(H,42,47)(H,43,48)(H,52,53)/t28-,34-,35-,36+,37-,39+/m0/s1. The van der Waals surface area contributed by atoms with E-state index >= 15 is 0 Å². The van der Waals surface area contributed by atoms with Crippen LogP contribution in [0.15, 0.2) is 18.2 Å². The normalized spacial score (nSPS) is 19.1. The number of carbonyl (C=O) groups is 6. The molecule has 0 spiro atoms. The lowest BCUT2D eigenvalue weighted by molar-refractivity contribution is -0.271. The fourth-order valence-electron chi connectivity index (χ4n) is 5.26. The van der Waals surface area contributed by atoms with E-state index in [-0.39, 0.29) is 87.9 Å². The van der Waals surface area contributed by atoms with Crippen LogP contribution in [-0.2, 0) is 68.5 Å². The first-order valence-corrected chi connectivity index (χ1v) is 20.0. The molecule has 2 rings (SSSR count). The molecule has 3 amide bonds. The zero-order valence-corrected chi connectivity index (χ0v) is 34.7. The Balaban J connectivity index is 1.51. The van der Waals surface area contributed by atoms with E-state index in [0.29, 0.717) is 58.2 Å². The summed E-state index contributed by atoms with van der Waals surface area (Å²) in [7, 11) is 0. The second kappa shape index (κ2) is 30.6. The number of ketones is 1. The van der Waals surface area contributed by atoms with Crippen molar-refractivity contribution >= 4 is 41.1 Å². The molecule has 0 radical (unpaired) electrons. The third-order valence-corrected chi connectivity index (χ3v) is 8.71. The summed E-state index contributed by atoms with van der Waals surface area (Å²) >= 11 is 0. The minimum atomic E-state index is -1.93. The fraction of sp³-hybridized carbons (Fsp3) is 0.692. The van der Waals surface area contributed by atoms with Gasteiger partial charge in [0.05, 0.1) is 77.8 Å². The molecule has 346 valence electrons. The molecular formula is C39H62N4O18. The lowest BCUT2D eigenvalue weighted by Crippen LogP contribution is -2.61. The molecule has 1 aromatic carbocycles. The van der Waals surface area contributed by atoms with Gasteiger partial charge in [0.15, 0.2) is 6.10 Å². The smallest absolute Gasteiger partial charge is 0.335 e. The summed E-state index contributed by atoms with van der Waals surface area (Å²) in [6.45, 7) is 6.09. The number of carbonyl (C=O) groups excluding carboxylic acids is 5. The Labute approximate surface area is 354 Å². The number of hydrogen-bond acceptors (Lipinski definition) is 18. The molecule has 1 fully saturated rings. The summed E-state index contributed by atoms with van der Waals surface area (Å²) in [5.41, 5.74) is 6.14. The number of nitrogens with one attached hydrogen (secondary N) is 3. The van der Waals surface area contributed by atoms with Crippen LogP contribution in [0.2, 0.25) is 0 Å². The number of carboxylic acids is 1. The molecule has 0 saturated carbocycles. The van der Waals surface area contributed by atoms with Crippen LogP contribution >= 0.6 is 0 Å². The van der Waals surface area contributed by atoms with Crippen LogP contribution < -0.4 is 26.4 Å². The van der Waals surface area contributed by atoms with Gasteiger partial charge in [-0.25, -0.2) is 4.79 Å². The van der Waals surface area contributed by atoms with E-state index in [2.05, 4.69) is 16.0 Å². The van der Waals surface area contributed by atoms with Gasteiger partial charge in [-0.2, -0.15) is 0 Å². The second-order valence-corrected chi connectivity index (χ2v) is 13.7. The first kappa shape index (κ1) is 52.8. The quantitative estimate of drug-likeness (QED) is 0.0295. The molecule has 9 N–H and O–H groups in total. The fourth-order valence-corrected chi connectivity index (χ4v) is 5.26. The molecule has 1 aliphatic heterocycles. The SMILES string of the molecule is CC(=O)OCc1ccc(O[C@@H]2O[C@H](C(=O)O)[C@@H](O)[C@H](O)[C@H]2O)c(NC(=O)CCNC(=O)CCOCCOCCOCCOCCOCCC(=O)NCCCC[C@H](N)C(C)=O)c1. The van der Waals surface area contributed by atoms with Gasteiger partial charge >= 0.3 is 11.9 Å². The van der Waals surface area contributed by atoms with Crippen molar-refractivity contribution < 1.29 is 87.1 Å². The average Bonchev–Trinajstić information content (AvgIpc) is 3.21. The maximum absolute atomic E-state index is 12.8. The number of unbranched alkanes of at least 4 members (excludes halogenated alkanes) is 1. The Bertz CT molecular complexity index is 1500. The minimum absolute atomic E-state index is 0.0214. The molecular weight excluding hydrogens is 812 g/mol. The van der Waals surface area contributed by atoms with E-state index in [9.17, 15) is 49.2 Å². The number of ether oxygens (including phenoxy) is 8. The first-order chi connectivity index (χ1) is 29.2. The summed E-state index contributed by atoms with van der Waals surface area (Å²) < 4.78 is 42.9.